The number of aromatic hydroxyl groups is 2. The van der Waals surface area contributed by atoms with Crippen molar-refractivity contribution in [3.05, 3.63) is 72.8 Å². The van der Waals surface area contributed by atoms with E-state index in [1.54, 1.807) is 34.2 Å². The van der Waals surface area contributed by atoms with Crippen molar-refractivity contribution < 1.29 is 10.2 Å². The van der Waals surface area contributed by atoms with Gasteiger partial charge in [0.15, 0.2) is 0 Å². The van der Waals surface area contributed by atoms with E-state index in [0.29, 0.717) is 24.2 Å². The van der Waals surface area contributed by atoms with Gasteiger partial charge in [-0.15, -0.1) is 0 Å². The van der Waals surface area contributed by atoms with Gasteiger partial charge in [-0.2, -0.15) is 10.2 Å². The van der Waals surface area contributed by atoms with Crippen LogP contribution in [0, 0.1) is 0 Å². The van der Waals surface area contributed by atoms with E-state index in [2.05, 4.69) is 20.2 Å². The van der Waals surface area contributed by atoms with Crippen molar-refractivity contribution in [1.82, 2.24) is 29.5 Å². The minimum absolute atomic E-state index is 0.0977. The van der Waals surface area contributed by atoms with Crippen LogP contribution in [0.1, 0.15) is 11.1 Å². The predicted octanol–water partition coefficient (Wildman–Crippen LogP) is 2.04. The molecule has 0 bridgehead atoms. The van der Waals surface area contributed by atoms with Crippen molar-refractivity contribution in [2.24, 2.45) is 0 Å². The Bertz CT molecular complexity index is 929. The Morgan fingerprint density at radius 1 is 0.692 bits per heavy atom. The number of hydrogen-bond donors (Lipinski definition) is 2. The molecule has 2 N–H and O–H groups in total. The van der Waals surface area contributed by atoms with Crippen LogP contribution in [0.2, 0.25) is 0 Å². The molecule has 2 heterocycles. The molecule has 0 fully saturated rings. The first-order valence-corrected chi connectivity index (χ1v) is 7.98. The smallest absolute Gasteiger partial charge is 0.137 e. The molecule has 0 unspecified atom stereocenters. The number of nitrogens with zero attached hydrogens (tertiary/aromatic N) is 6. The summed E-state index contributed by atoms with van der Waals surface area (Å²) in [4.78, 5) is 7.85. The maximum atomic E-state index is 10.3. The van der Waals surface area contributed by atoms with E-state index < -0.39 is 0 Å². The topological polar surface area (TPSA) is 102 Å². The normalized spacial score (nSPS) is 10.9. The Labute approximate surface area is 149 Å². The number of phenolic OH excluding ortho intramolecular Hbond substituents is 2. The molecule has 8 nitrogen and oxygen atoms in total. The molecule has 0 aliphatic rings. The van der Waals surface area contributed by atoms with E-state index in [-0.39, 0.29) is 11.5 Å². The second kappa shape index (κ2) is 6.67. The average molecular weight is 348 g/mol. The van der Waals surface area contributed by atoms with E-state index in [1.165, 1.54) is 12.7 Å². The van der Waals surface area contributed by atoms with Crippen LogP contribution in [-0.2, 0) is 13.1 Å². The zero-order valence-corrected chi connectivity index (χ0v) is 13.8. The van der Waals surface area contributed by atoms with Gasteiger partial charge in [-0.1, -0.05) is 12.1 Å². The van der Waals surface area contributed by atoms with Gasteiger partial charge in [0.2, 0.25) is 0 Å². The number of benzene rings is 2. The molecule has 4 rings (SSSR count). The molecule has 0 atom stereocenters. The second-order valence-electron chi connectivity index (χ2n) is 5.89. The van der Waals surface area contributed by atoms with Crippen molar-refractivity contribution >= 4 is 0 Å². The van der Waals surface area contributed by atoms with Crippen molar-refractivity contribution in [2.75, 3.05) is 0 Å². The Balaban J connectivity index is 1.69. The molecule has 0 saturated carbocycles. The molecule has 2 aromatic heterocycles. The number of phenols is 2. The Kier molecular flexibility index (Phi) is 4.06. The molecular weight excluding hydrogens is 332 g/mol. The summed E-state index contributed by atoms with van der Waals surface area (Å²) in [6, 6.07) is 10.5. The lowest BCUT2D eigenvalue weighted by atomic mass is 9.99. The summed E-state index contributed by atoms with van der Waals surface area (Å²) in [5.41, 5.74) is 2.98. The van der Waals surface area contributed by atoms with E-state index >= 15 is 0 Å². The highest BCUT2D eigenvalue weighted by Crippen LogP contribution is 2.36. The fourth-order valence-corrected chi connectivity index (χ4v) is 2.80. The summed E-state index contributed by atoms with van der Waals surface area (Å²) in [6.07, 6.45) is 6.20. The van der Waals surface area contributed by atoms with Crippen LogP contribution in [0.4, 0.5) is 0 Å². The zero-order chi connectivity index (χ0) is 17.9. The molecule has 8 heteroatoms. The van der Waals surface area contributed by atoms with Crippen LogP contribution in [0.5, 0.6) is 11.5 Å². The van der Waals surface area contributed by atoms with Gasteiger partial charge in [-0.3, -0.25) is 0 Å². The molecule has 0 saturated heterocycles. The molecule has 0 aliphatic heterocycles. The maximum Gasteiger partial charge on any atom is 0.137 e. The molecule has 0 spiro atoms. The first-order chi connectivity index (χ1) is 12.7. The second-order valence-corrected chi connectivity index (χ2v) is 5.89. The summed E-state index contributed by atoms with van der Waals surface area (Å²) in [6.45, 7) is 1.04. The fraction of sp³-hybridized carbons (Fsp3) is 0.111. The van der Waals surface area contributed by atoms with Gasteiger partial charge in [0.1, 0.15) is 36.8 Å². The molecular formula is C18H16N6O2. The zero-order valence-electron chi connectivity index (χ0n) is 13.8. The molecule has 0 aliphatic carbocycles. The standard InChI is InChI=1S/C18H16N6O2/c25-17-3-1-13(7-23-11-19-9-21-23)5-15(17)16-6-14(2-4-18(16)26)8-24-12-20-10-22-24/h1-6,9-12,25-26H,7-8H2. The number of aromatic nitrogens is 6. The molecule has 2 aromatic carbocycles. The maximum absolute atomic E-state index is 10.3. The largest absolute Gasteiger partial charge is 0.507 e. The molecule has 26 heavy (non-hydrogen) atoms. The van der Waals surface area contributed by atoms with Crippen LogP contribution >= 0.6 is 0 Å². The van der Waals surface area contributed by atoms with Gasteiger partial charge in [0, 0.05) is 11.1 Å². The average Bonchev–Trinajstić information content (AvgIpc) is 3.33. The van der Waals surface area contributed by atoms with Crippen LogP contribution < -0.4 is 0 Å². The summed E-state index contributed by atoms with van der Waals surface area (Å²) >= 11 is 0. The Hall–Kier alpha value is -3.68. The van der Waals surface area contributed by atoms with Gasteiger partial charge in [-0.05, 0) is 35.4 Å². The summed E-state index contributed by atoms with van der Waals surface area (Å²) < 4.78 is 3.38. The van der Waals surface area contributed by atoms with Crippen molar-refractivity contribution in [3.8, 4) is 22.6 Å². The number of hydrogen-bond acceptors (Lipinski definition) is 6. The van der Waals surface area contributed by atoms with Crippen LogP contribution in [0.3, 0.4) is 0 Å². The highest BCUT2D eigenvalue weighted by Gasteiger charge is 2.12. The van der Waals surface area contributed by atoms with Crippen molar-refractivity contribution in [3.63, 3.8) is 0 Å². The first-order valence-electron chi connectivity index (χ1n) is 7.98. The predicted molar refractivity (Wildman–Crippen MR) is 93.5 cm³/mol. The van der Waals surface area contributed by atoms with E-state index in [1.807, 2.05) is 24.3 Å². The van der Waals surface area contributed by atoms with Gasteiger partial charge in [0.25, 0.3) is 0 Å². The van der Waals surface area contributed by atoms with Crippen molar-refractivity contribution in [2.45, 2.75) is 13.1 Å². The Morgan fingerprint density at radius 2 is 1.15 bits per heavy atom. The van der Waals surface area contributed by atoms with E-state index in [4.69, 9.17) is 0 Å². The third-order valence-electron chi connectivity index (χ3n) is 4.03. The van der Waals surface area contributed by atoms with Gasteiger partial charge >= 0.3 is 0 Å². The quantitative estimate of drug-likeness (QED) is 0.572. The third kappa shape index (κ3) is 3.25. The molecule has 0 amide bonds. The summed E-state index contributed by atoms with van der Waals surface area (Å²) in [5.74, 6) is 0.195. The summed E-state index contributed by atoms with van der Waals surface area (Å²) in [5, 5.41) is 28.8. The summed E-state index contributed by atoms with van der Waals surface area (Å²) in [7, 11) is 0. The Morgan fingerprint density at radius 3 is 1.54 bits per heavy atom. The highest BCUT2D eigenvalue weighted by atomic mass is 16.3. The molecule has 130 valence electrons. The lowest BCUT2D eigenvalue weighted by Crippen LogP contribution is -2.01. The minimum atomic E-state index is 0.0977. The third-order valence-corrected chi connectivity index (χ3v) is 4.03. The lowest BCUT2D eigenvalue weighted by Gasteiger charge is -2.12. The van der Waals surface area contributed by atoms with Gasteiger partial charge < -0.3 is 10.2 Å². The lowest BCUT2D eigenvalue weighted by molar-refractivity contribution is 0.468. The SMILES string of the molecule is Oc1ccc(Cn2cncn2)cc1-c1cc(Cn2cncn2)ccc1O. The highest BCUT2D eigenvalue weighted by molar-refractivity contribution is 5.76. The monoisotopic (exact) mass is 348 g/mol. The number of rotatable bonds is 5. The fourth-order valence-electron chi connectivity index (χ4n) is 2.80. The van der Waals surface area contributed by atoms with Crippen LogP contribution in [-0.4, -0.2) is 39.7 Å². The minimum Gasteiger partial charge on any atom is -0.507 e. The van der Waals surface area contributed by atoms with E-state index in [0.717, 1.165) is 11.1 Å². The van der Waals surface area contributed by atoms with Crippen LogP contribution in [0.25, 0.3) is 11.1 Å². The van der Waals surface area contributed by atoms with E-state index in [9.17, 15) is 10.2 Å². The van der Waals surface area contributed by atoms with Gasteiger partial charge in [0.05, 0.1) is 13.1 Å². The molecule has 0 radical (unpaired) electrons. The first kappa shape index (κ1) is 15.8. The molecule has 4 aromatic rings. The van der Waals surface area contributed by atoms with Crippen LogP contribution in [0.15, 0.2) is 61.7 Å². The van der Waals surface area contributed by atoms with Crippen molar-refractivity contribution in [1.29, 1.82) is 0 Å². The van der Waals surface area contributed by atoms with Gasteiger partial charge in [-0.25, -0.2) is 19.3 Å².